The van der Waals surface area contributed by atoms with Gasteiger partial charge in [0, 0.05) is 12.5 Å². The summed E-state index contributed by atoms with van der Waals surface area (Å²) in [6, 6.07) is 0. The molecule has 0 aliphatic carbocycles. The minimum absolute atomic E-state index is 0.994. The van der Waals surface area contributed by atoms with Gasteiger partial charge in [0.15, 0.2) is 0 Å². The molecule has 0 N–H and O–H groups in total. The van der Waals surface area contributed by atoms with E-state index < -0.39 is 54.9 Å². The van der Waals surface area contributed by atoms with Crippen molar-refractivity contribution < 1.29 is 57.1 Å². The molecule has 0 aromatic heterocycles. The summed E-state index contributed by atoms with van der Waals surface area (Å²) in [6.45, 7) is 0. The van der Waals surface area contributed by atoms with Crippen LogP contribution in [0.5, 0.6) is 0 Å². The van der Waals surface area contributed by atoms with Crippen LogP contribution in [0.2, 0.25) is 0 Å². The molecule has 0 bridgehead atoms. The van der Waals surface area contributed by atoms with Crippen molar-refractivity contribution in [3.63, 3.8) is 0 Å². The fraction of sp³-hybridized carbons (Fsp3) is 0.778. The van der Waals surface area contributed by atoms with Crippen molar-refractivity contribution in [3.8, 4) is 0 Å². The first-order valence-corrected chi connectivity index (χ1v) is 4.96. The SMILES string of the molecule is FC(F)(F)/C=C\C(CC(F)(C(F)(F)F)C(F)(F)F)C(F)(F)F. The molecule has 0 rings (SSSR count). The molecule has 1 unspecified atom stereocenters. The lowest BCUT2D eigenvalue weighted by Crippen LogP contribution is -2.55. The highest BCUT2D eigenvalue weighted by molar-refractivity contribution is 5.04. The number of hydrogen-bond donors (Lipinski definition) is 0. The molecule has 132 valence electrons. The Morgan fingerprint density at radius 2 is 1.00 bits per heavy atom. The lowest BCUT2D eigenvalue weighted by molar-refractivity contribution is -0.350. The van der Waals surface area contributed by atoms with Crippen LogP contribution in [0.25, 0.3) is 0 Å². The first kappa shape index (κ1) is 20.8. The van der Waals surface area contributed by atoms with Crippen molar-refractivity contribution in [2.75, 3.05) is 0 Å². The van der Waals surface area contributed by atoms with Gasteiger partial charge in [-0.25, -0.2) is 4.39 Å². The number of rotatable bonds is 3. The summed E-state index contributed by atoms with van der Waals surface area (Å²) in [5, 5.41) is 0. The molecule has 13 heteroatoms. The summed E-state index contributed by atoms with van der Waals surface area (Å²) in [4.78, 5) is 0. The zero-order chi connectivity index (χ0) is 18.2. The monoisotopic (exact) mass is 360 g/mol. The summed E-state index contributed by atoms with van der Waals surface area (Å²) in [5.41, 5.74) is -6.31. The van der Waals surface area contributed by atoms with E-state index in [4.69, 9.17) is 0 Å². The zero-order valence-electron chi connectivity index (χ0n) is 9.85. The van der Waals surface area contributed by atoms with E-state index >= 15 is 0 Å². The van der Waals surface area contributed by atoms with E-state index in [1.807, 2.05) is 0 Å². The normalized spacial score (nSPS) is 17.1. The number of hydrogen-bond acceptors (Lipinski definition) is 0. The Bertz CT molecular complexity index is 376. The van der Waals surface area contributed by atoms with Gasteiger partial charge in [-0.3, -0.25) is 0 Å². The van der Waals surface area contributed by atoms with Crippen LogP contribution < -0.4 is 0 Å². The molecule has 0 heterocycles. The standard InChI is InChI=1S/C9H5F13/c10-5(8(17,18)19,9(20,21)22)3-4(7(14,15)16)1-2-6(11,12)13/h1-2,4H,3H2/b2-1-. The van der Waals surface area contributed by atoms with E-state index in [-0.39, 0.29) is 0 Å². The van der Waals surface area contributed by atoms with Crippen LogP contribution in [0.1, 0.15) is 6.42 Å². The van der Waals surface area contributed by atoms with Gasteiger partial charge in [0.2, 0.25) is 0 Å². The van der Waals surface area contributed by atoms with Crippen LogP contribution in [0.4, 0.5) is 57.1 Å². The fourth-order valence-corrected chi connectivity index (χ4v) is 1.21. The second-order valence-electron chi connectivity index (χ2n) is 4.05. The highest BCUT2D eigenvalue weighted by Crippen LogP contribution is 2.51. The molecule has 0 aliphatic heterocycles. The molecule has 0 spiro atoms. The molecule has 0 radical (unpaired) electrons. The van der Waals surface area contributed by atoms with E-state index in [0.717, 1.165) is 0 Å². The summed E-state index contributed by atoms with van der Waals surface area (Å²) >= 11 is 0. The zero-order valence-corrected chi connectivity index (χ0v) is 9.85. The summed E-state index contributed by atoms with van der Waals surface area (Å²) in [6.07, 6.45) is -30.5. The summed E-state index contributed by atoms with van der Waals surface area (Å²) in [7, 11) is 0. The van der Waals surface area contributed by atoms with E-state index in [2.05, 4.69) is 0 Å². The fourth-order valence-electron chi connectivity index (χ4n) is 1.21. The number of allylic oxidation sites excluding steroid dienone is 2. The van der Waals surface area contributed by atoms with Crippen LogP contribution in [0, 0.1) is 5.92 Å². The van der Waals surface area contributed by atoms with Crippen LogP contribution in [-0.2, 0) is 0 Å². The van der Waals surface area contributed by atoms with Gasteiger partial charge in [-0.15, -0.1) is 0 Å². The second kappa shape index (κ2) is 5.80. The molecular formula is C9H5F13. The molecule has 1 atom stereocenters. The molecule has 0 aromatic rings. The predicted octanol–water partition coefficient (Wildman–Crippen LogP) is 5.51. The van der Waals surface area contributed by atoms with Crippen molar-refractivity contribution in [2.24, 2.45) is 5.92 Å². The van der Waals surface area contributed by atoms with Crippen LogP contribution in [0.15, 0.2) is 12.2 Å². The Balaban J connectivity index is 5.76. The van der Waals surface area contributed by atoms with Gasteiger partial charge < -0.3 is 0 Å². The molecule has 0 saturated carbocycles. The minimum Gasteiger partial charge on any atom is -0.224 e. The lowest BCUT2D eigenvalue weighted by Gasteiger charge is -2.32. The topological polar surface area (TPSA) is 0 Å². The Hall–Kier alpha value is -1.17. The van der Waals surface area contributed by atoms with Crippen molar-refractivity contribution >= 4 is 0 Å². The Kier molecular flexibility index (Phi) is 5.49. The largest absolute Gasteiger partial charge is 0.431 e. The van der Waals surface area contributed by atoms with Gasteiger partial charge in [0.25, 0.3) is 5.67 Å². The third-order valence-corrected chi connectivity index (χ3v) is 2.34. The third-order valence-electron chi connectivity index (χ3n) is 2.34. The molecule has 0 nitrogen and oxygen atoms in total. The maximum atomic E-state index is 13.1. The lowest BCUT2D eigenvalue weighted by atomic mass is 9.89. The van der Waals surface area contributed by atoms with Gasteiger partial charge in [0.05, 0.1) is 5.92 Å². The quantitative estimate of drug-likeness (QED) is 0.460. The maximum Gasteiger partial charge on any atom is 0.431 e. The van der Waals surface area contributed by atoms with Gasteiger partial charge in [-0.05, 0) is 0 Å². The Morgan fingerprint density at radius 1 is 0.636 bits per heavy atom. The molecule has 0 aliphatic rings. The van der Waals surface area contributed by atoms with E-state index in [0.29, 0.717) is 0 Å². The first-order valence-electron chi connectivity index (χ1n) is 4.96. The van der Waals surface area contributed by atoms with E-state index in [1.54, 1.807) is 0 Å². The maximum absolute atomic E-state index is 13.1. The molecule has 0 fully saturated rings. The molecular weight excluding hydrogens is 355 g/mol. The molecule has 0 amide bonds. The van der Waals surface area contributed by atoms with Crippen molar-refractivity contribution in [1.29, 1.82) is 0 Å². The molecule has 0 saturated heterocycles. The summed E-state index contributed by atoms with van der Waals surface area (Å²) < 4.78 is 158. The number of alkyl halides is 13. The minimum atomic E-state index is -6.79. The van der Waals surface area contributed by atoms with Gasteiger partial charge in [0.1, 0.15) is 0 Å². The Labute approximate surface area is 113 Å². The average Bonchev–Trinajstić information content (AvgIpc) is 2.17. The van der Waals surface area contributed by atoms with Gasteiger partial charge in [-0.2, -0.15) is 52.7 Å². The second-order valence-corrected chi connectivity index (χ2v) is 4.05. The number of halogens is 13. The highest BCUT2D eigenvalue weighted by atomic mass is 19.4. The van der Waals surface area contributed by atoms with Crippen molar-refractivity contribution in [3.05, 3.63) is 12.2 Å². The van der Waals surface area contributed by atoms with Gasteiger partial charge in [-0.1, -0.05) is 6.08 Å². The Morgan fingerprint density at radius 3 is 1.23 bits per heavy atom. The highest BCUT2D eigenvalue weighted by Gasteiger charge is 2.73. The van der Waals surface area contributed by atoms with Crippen LogP contribution in [0.3, 0.4) is 0 Å². The van der Waals surface area contributed by atoms with Crippen molar-refractivity contribution in [2.45, 2.75) is 36.8 Å². The predicted molar refractivity (Wildman–Crippen MR) is 45.3 cm³/mol. The smallest absolute Gasteiger partial charge is 0.224 e. The van der Waals surface area contributed by atoms with Gasteiger partial charge >= 0.3 is 24.7 Å². The van der Waals surface area contributed by atoms with E-state index in [9.17, 15) is 57.1 Å². The van der Waals surface area contributed by atoms with Crippen LogP contribution in [-0.4, -0.2) is 30.4 Å². The van der Waals surface area contributed by atoms with E-state index in [1.165, 1.54) is 0 Å². The molecule has 0 aromatic carbocycles. The first-order chi connectivity index (χ1) is 9.31. The average molecular weight is 360 g/mol. The van der Waals surface area contributed by atoms with Crippen LogP contribution >= 0.6 is 0 Å². The summed E-state index contributed by atoms with van der Waals surface area (Å²) in [5.74, 6) is -3.94. The third kappa shape index (κ3) is 5.23. The van der Waals surface area contributed by atoms with Crippen molar-refractivity contribution in [1.82, 2.24) is 0 Å². The molecule has 22 heavy (non-hydrogen) atoms.